The summed E-state index contributed by atoms with van der Waals surface area (Å²) >= 11 is 0. The Morgan fingerprint density at radius 2 is 1.33 bits per heavy atom. The Morgan fingerprint density at radius 1 is 0.815 bits per heavy atom. The van der Waals surface area contributed by atoms with Crippen molar-refractivity contribution in [1.82, 2.24) is 10.3 Å². The fourth-order valence-electron chi connectivity index (χ4n) is 4.39. The molecule has 1 N–H and O–H groups in total. The minimum atomic E-state index is -0.443. The minimum absolute atomic E-state index is 0.148. The molecular formula is C21H33BN2O3. The van der Waals surface area contributed by atoms with Gasteiger partial charge in [0.1, 0.15) is 11.5 Å². The lowest BCUT2D eigenvalue weighted by Crippen LogP contribution is -2.36. The molecule has 1 saturated carbocycles. The molecule has 2 amide bonds. The Bertz CT molecular complexity index is 613. The second-order valence-electron chi connectivity index (χ2n) is 8.33. The lowest BCUT2D eigenvalue weighted by molar-refractivity contribution is -0.119. The van der Waals surface area contributed by atoms with E-state index in [-0.39, 0.29) is 18.1 Å². The molecule has 5 nitrogen and oxygen atoms in total. The summed E-state index contributed by atoms with van der Waals surface area (Å²) in [5, 5.41) is 2.30. The summed E-state index contributed by atoms with van der Waals surface area (Å²) in [6.07, 6.45) is 18.8. The highest BCUT2D eigenvalue weighted by atomic mass is 16.4. The average Bonchev–Trinajstić information content (AvgIpc) is 3.03. The van der Waals surface area contributed by atoms with Crippen LogP contribution in [0.4, 0.5) is 0 Å². The largest absolute Gasteiger partial charge is 0.446 e. The second-order valence-corrected chi connectivity index (χ2v) is 8.33. The number of nitrogens with one attached hydrogen (secondary N) is 1. The van der Waals surface area contributed by atoms with Gasteiger partial charge in [0.15, 0.2) is 0 Å². The van der Waals surface area contributed by atoms with Crippen molar-refractivity contribution in [3.63, 3.8) is 0 Å². The number of aromatic nitrogens is 1. The van der Waals surface area contributed by atoms with Crippen molar-refractivity contribution < 1.29 is 14.0 Å². The molecule has 0 saturated heterocycles. The highest BCUT2D eigenvalue weighted by molar-refractivity contribution is 6.52. The molecule has 0 bridgehead atoms. The molecule has 2 aliphatic rings. The molecule has 148 valence electrons. The van der Waals surface area contributed by atoms with Gasteiger partial charge in [-0.15, -0.1) is 0 Å². The molecule has 1 aliphatic carbocycles. The number of imide groups is 1. The van der Waals surface area contributed by atoms with Crippen LogP contribution in [0.1, 0.15) is 106 Å². The third-order valence-electron chi connectivity index (χ3n) is 5.97. The average molecular weight is 372 g/mol. The first-order chi connectivity index (χ1) is 13.2. The number of carbonyl (C=O) groups is 2. The van der Waals surface area contributed by atoms with Gasteiger partial charge in [-0.05, 0) is 0 Å². The Hall–Kier alpha value is -1.59. The number of hydrogen-bond donors (Lipinski definition) is 1. The summed E-state index contributed by atoms with van der Waals surface area (Å²) in [7, 11) is 0.786. The lowest BCUT2D eigenvalue weighted by atomic mass is 9.60. The predicted molar refractivity (Wildman–Crippen MR) is 108 cm³/mol. The SMILES string of the molecule is O=C1Cc2nc(BC3CCCCCCCCCCCCCC3)oc2C(=O)N1. The molecular weight excluding hydrogens is 339 g/mol. The van der Waals surface area contributed by atoms with Crippen LogP contribution in [0.25, 0.3) is 0 Å². The highest BCUT2D eigenvalue weighted by Gasteiger charge is 2.29. The van der Waals surface area contributed by atoms with E-state index in [1.807, 2.05) is 0 Å². The van der Waals surface area contributed by atoms with Gasteiger partial charge in [-0.2, -0.15) is 0 Å². The van der Waals surface area contributed by atoms with Gasteiger partial charge in [0.05, 0.1) is 6.42 Å². The first-order valence-electron chi connectivity index (χ1n) is 11.0. The molecule has 6 heteroatoms. The molecule has 27 heavy (non-hydrogen) atoms. The maximum atomic E-state index is 11.9. The first-order valence-corrected chi connectivity index (χ1v) is 11.0. The minimum Gasteiger partial charge on any atom is -0.446 e. The van der Waals surface area contributed by atoms with E-state index in [1.165, 1.54) is 89.9 Å². The Labute approximate surface area is 163 Å². The fraction of sp³-hybridized carbons (Fsp3) is 0.762. The van der Waals surface area contributed by atoms with Crippen molar-refractivity contribution in [2.45, 2.75) is 102 Å². The zero-order valence-corrected chi connectivity index (χ0v) is 16.6. The van der Waals surface area contributed by atoms with E-state index in [1.54, 1.807) is 0 Å². The van der Waals surface area contributed by atoms with Crippen LogP contribution in [0, 0.1) is 0 Å². The Morgan fingerprint density at radius 3 is 1.89 bits per heavy atom. The number of nitrogens with zero attached hydrogens (tertiary/aromatic N) is 1. The molecule has 2 heterocycles. The van der Waals surface area contributed by atoms with Gasteiger partial charge in [0, 0.05) is 0 Å². The number of amides is 2. The molecule has 1 fully saturated rings. The number of fused-ring (bicyclic) bond motifs is 1. The van der Waals surface area contributed by atoms with Gasteiger partial charge < -0.3 is 4.42 Å². The molecule has 1 aromatic heterocycles. The lowest BCUT2D eigenvalue weighted by Gasteiger charge is -2.14. The van der Waals surface area contributed by atoms with E-state index < -0.39 is 5.91 Å². The number of rotatable bonds is 2. The van der Waals surface area contributed by atoms with E-state index >= 15 is 0 Å². The van der Waals surface area contributed by atoms with Gasteiger partial charge in [-0.3, -0.25) is 14.9 Å². The summed E-state index contributed by atoms with van der Waals surface area (Å²) in [6.45, 7) is 0. The quantitative estimate of drug-likeness (QED) is 0.633. The van der Waals surface area contributed by atoms with Crippen LogP contribution in [-0.2, 0) is 11.2 Å². The van der Waals surface area contributed by atoms with Crippen molar-refractivity contribution >= 4 is 24.9 Å². The maximum absolute atomic E-state index is 11.9. The third-order valence-corrected chi connectivity index (χ3v) is 5.97. The summed E-state index contributed by atoms with van der Waals surface area (Å²) in [5.74, 6) is 0.701. The zero-order chi connectivity index (χ0) is 18.9. The van der Waals surface area contributed by atoms with Gasteiger partial charge in [-0.25, -0.2) is 4.98 Å². The molecule has 0 aromatic carbocycles. The summed E-state index contributed by atoms with van der Waals surface area (Å²) in [4.78, 5) is 27.9. The monoisotopic (exact) mass is 372 g/mol. The van der Waals surface area contributed by atoms with Crippen LogP contribution in [0.2, 0.25) is 5.82 Å². The highest BCUT2D eigenvalue weighted by Crippen LogP contribution is 2.24. The van der Waals surface area contributed by atoms with Crippen molar-refractivity contribution in [3.05, 3.63) is 11.5 Å². The first kappa shape index (κ1) is 20.2. The molecule has 3 rings (SSSR count). The fourth-order valence-corrected chi connectivity index (χ4v) is 4.39. The van der Waals surface area contributed by atoms with E-state index in [0.717, 1.165) is 7.28 Å². The van der Waals surface area contributed by atoms with E-state index in [0.29, 0.717) is 17.3 Å². The standard InChI is InChI=1S/C21H33BN2O3/c25-18-15-17-19(20(26)24-18)27-21(23-17)22-16-13-11-9-7-5-3-1-2-4-6-8-10-12-14-16/h16,22H,1-15H2,(H,24,25,26). The van der Waals surface area contributed by atoms with Crippen LogP contribution in [0.15, 0.2) is 4.42 Å². The molecule has 0 radical (unpaired) electrons. The van der Waals surface area contributed by atoms with Crippen molar-refractivity contribution in [2.75, 3.05) is 0 Å². The Kier molecular flexibility index (Phi) is 7.97. The van der Waals surface area contributed by atoms with Crippen molar-refractivity contribution in [3.8, 4) is 0 Å². The van der Waals surface area contributed by atoms with Crippen LogP contribution in [-0.4, -0.2) is 24.1 Å². The van der Waals surface area contributed by atoms with Gasteiger partial charge >= 0.3 is 0 Å². The number of hydrogen-bond acceptors (Lipinski definition) is 4. The van der Waals surface area contributed by atoms with Crippen LogP contribution in [0.3, 0.4) is 0 Å². The van der Waals surface area contributed by atoms with Crippen LogP contribution in [0.5, 0.6) is 0 Å². The number of carbonyl (C=O) groups excluding carboxylic acids is 2. The molecule has 0 spiro atoms. The van der Waals surface area contributed by atoms with Crippen LogP contribution < -0.4 is 11.1 Å². The maximum Gasteiger partial charge on any atom is 0.295 e. The van der Waals surface area contributed by atoms with Gasteiger partial charge in [0.2, 0.25) is 18.9 Å². The molecule has 0 unspecified atom stereocenters. The van der Waals surface area contributed by atoms with E-state index in [9.17, 15) is 9.59 Å². The van der Waals surface area contributed by atoms with E-state index in [2.05, 4.69) is 10.3 Å². The van der Waals surface area contributed by atoms with Gasteiger partial charge in [-0.1, -0.05) is 95.7 Å². The molecule has 1 aromatic rings. The predicted octanol–water partition coefficient (Wildman–Crippen LogP) is 3.81. The van der Waals surface area contributed by atoms with Crippen molar-refractivity contribution in [2.24, 2.45) is 0 Å². The summed E-state index contributed by atoms with van der Waals surface area (Å²) < 4.78 is 5.72. The van der Waals surface area contributed by atoms with Gasteiger partial charge in [0.25, 0.3) is 5.91 Å². The Balaban J connectivity index is 1.56. The third kappa shape index (κ3) is 6.51. The zero-order valence-electron chi connectivity index (χ0n) is 16.6. The molecule has 0 atom stereocenters. The summed E-state index contributed by atoms with van der Waals surface area (Å²) in [5.41, 5.74) is 0.510. The smallest absolute Gasteiger partial charge is 0.295 e. The summed E-state index contributed by atoms with van der Waals surface area (Å²) in [6, 6.07) is 0. The topological polar surface area (TPSA) is 72.2 Å². The van der Waals surface area contributed by atoms with E-state index in [4.69, 9.17) is 4.42 Å². The second kappa shape index (κ2) is 10.7. The van der Waals surface area contributed by atoms with Crippen LogP contribution >= 0.6 is 0 Å². The normalized spacial score (nSPS) is 21.6. The van der Waals surface area contributed by atoms with Crippen molar-refractivity contribution in [1.29, 1.82) is 0 Å². The number of oxazole rings is 1. The molecule has 1 aliphatic heterocycles.